The number of nitrogens with one attached hydrogen (secondary N) is 1. The van der Waals surface area contributed by atoms with Crippen LogP contribution in [0, 0.1) is 6.92 Å². The Morgan fingerprint density at radius 1 is 1.38 bits per heavy atom. The molecule has 0 aliphatic rings. The second-order valence-electron chi connectivity index (χ2n) is 5.45. The van der Waals surface area contributed by atoms with Crippen molar-refractivity contribution >= 4 is 22.4 Å². The molecule has 0 aliphatic carbocycles. The lowest BCUT2D eigenvalue weighted by atomic mass is 10.2. The molecule has 7 nitrogen and oxygen atoms in total. The van der Waals surface area contributed by atoms with E-state index in [4.69, 9.17) is 0 Å². The average Bonchev–Trinajstić information content (AvgIpc) is 3.25. The van der Waals surface area contributed by atoms with Crippen LogP contribution in [0.15, 0.2) is 17.6 Å². The van der Waals surface area contributed by atoms with Crippen LogP contribution in [0.4, 0.5) is 5.13 Å². The summed E-state index contributed by atoms with van der Waals surface area (Å²) >= 11 is 1.40. The lowest BCUT2D eigenvalue weighted by Crippen LogP contribution is -2.15. The van der Waals surface area contributed by atoms with Gasteiger partial charge in [0.1, 0.15) is 5.69 Å². The molecule has 0 unspecified atom stereocenters. The van der Waals surface area contributed by atoms with Crippen LogP contribution in [0.5, 0.6) is 0 Å². The minimum absolute atomic E-state index is 0.202. The maximum absolute atomic E-state index is 12.4. The number of nitrogens with zero attached hydrogens (tertiary/aromatic N) is 5. The van der Waals surface area contributed by atoms with Crippen LogP contribution in [0.3, 0.4) is 0 Å². The van der Waals surface area contributed by atoms with E-state index in [1.165, 1.54) is 11.3 Å². The Kier molecular flexibility index (Phi) is 4.48. The van der Waals surface area contributed by atoms with E-state index in [-0.39, 0.29) is 5.91 Å². The summed E-state index contributed by atoms with van der Waals surface area (Å²) in [6.45, 7) is 6.90. The Hall–Kier alpha value is -2.48. The van der Waals surface area contributed by atoms with Crippen molar-refractivity contribution in [3.63, 3.8) is 0 Å². The number of hydrogen-bond acceptors (Lipinski definition) is 5. The number of aryl methyl sites for hydroxylation is 3. The maximum Gasteiger partial charge on any atom is 0.275 e. The highest BCUT2D eigenvalue weighted by atomic mass is 32.1. The Labute approximate surface area is 144 Å². The van der Waals surface area contributed by atoms with Crippen molar-refractivity contribution in [2.45, 2.75) is 33.7 Å². The number of carbonyl (C=O) groups excluding carboxylic acids is 1. The molecular formula is C16H20N6OS. The van der Waals surface area contributed by atoms with Crippen LogP contribution in [-0.2, 0) is 20.0 Å². The van der Waals surface area contributed by atoms with Crippen molar-refractivity contribution < 1.29 is 4.79 Å². The normalized spacial score (nSPS) is 11.0. The summed E-state index contributed by atoms with van der Waals surface area (Å²) in [6, 6.07) is 1.80. The van der Waals surface area contributed by atoms with Crippen molar-refractivity contribution in [1.82, 2.24) is 24.5 Å². The quantitative estimate of drug-likeness (QED) is 0.772. The predicted octanol–water partition coefficient (Wildman–Crippen LogP) is 2.88. The zero-order valence-electron chi connectivity index (χ0n) is 14.2. The van der Waals surface area contributed by atoms with Gasteiger partial charge in [-0.05, 0) is 26.3 Å². The summed E-state index contributed by atoms with van der Waals surface area (Å²) in [7, 11) is 1.77. The van der Waals surface area contributed by atoms with Gasteiger partial charge in [-0.25, -0.2) is 4.98 Å². The number of thiazole rings is 1. The van der Waals surface area contributed by atoms with Gasteiger partial charge in [0.15, 0.2) is 5.13 Å². The van der Waals surface area contributed by atoms with Gasteiger partial charge in [-0.15, -0.1) is 11.3 Å². The van der Waals surface area contributed by atoms with Gasteiger partial charge in [0.25, 0.3) is 5.91 Å². The first kappa shape index (κ1) is 16.4. The molecule has 126 valence electrons. The summed E-state index contributed by atoms with van der Waals surface area (Å²) in [6.07, 6.45) is 2.61. The minimum Gasteiger partial charge on any atom is -0.296 e. The summed E-state index contributed by atoms with van der Waals surface area (Å²) in [5.74, 6) is -0.202. The van der Waals surface area contributed by atoms with Crippen molar-refractivity contribution in [3.8, 4) is 11.3 Å². The maximum atomic E-state index is 12.4. The molecule has 0 aromatic carbocycles. The number of hydrogen-bond donors (Lipinski definition) is 1. The van der Waals surface area contributed by atoms with Crippen LogP contribution < -0.4 is 5.32 Å². The van der Waals surface area contributed by atoms with E-state index in [1.54, 1.807) is 17.8 Å². The van der Waals surface area contributed by atoms with Crippen molar-refractivity contribution in [2.24, 2.45) is 7.05 Å². The summed E-state index contributed by atoms with van der Waals surface area (Å²) in [5.41, 5.74) is 4.30. The largest absolute Gasteiger partial charge is 0.296 e. The fourth-order valence-corrected chi connectivity index (χ4v) is 3.25. The average molecular weight is 344 g/mol. The Bertz CT molecular complexity index is 875. The van der Waals surface area contributed by atoms with Crippen LogP contribution in [0.2, 0.25) is 0 Å². The number of carbonyl (C=O) groups is 1. The van der Waals surface area contributed by atoms with Crippen LogP contribution in [-0.4, -0.2) is 30.5 Å². The standard InChI is InChI=1S/C16H20N6OS/c1-5-11-7-14(21(4)20-11)15(23)19-16-18-13(9-24-16)12-8-17-22(6-2)10(12)3/h7-9H,5-6H2,1-4H3,(H,18,19,23). The Morgan fingerprint density at radius 2 is 2.17 bits per heavy atom. The van der Waals surface area contributed by atoms with Gasteiger partial charge in [-0.3, -0.25) is 19.5 Å². The zero-order valence-corrected chi connectivity index (χ0v) is 15.0. The second-order valence-corrected chi connectivity index (χ2v) is 6.31. The molecule has 8 heteroatoms. The molecule has 0 saturated heterocycles. The van der Waals surface area contributed by atoms with Crippen molar-refractivity contribution in [3.05, 3.63) is 34.7 Å². The molecule has 1 N–H and O–H groups in total. The van der Waals surface area contributed by atoms with E-state index in [0.29, 0.717) is 10.8 Å². The van der Waals surface area contributed by atoms with Crippen LogP contribution in [0.1, 0.15) is 35.7 Å². The molecule has 3 heterocycles. The van der Waals surface area contributed by atoms with Gasteiger partial charge in [-0.1, -0.05) is 6.92 Å². The number of rotatable bonds is 5. The van der Waals surface area contributed by atoms with E-state index in [0.717, 1.165) is 35.6 Å². The molecule has 0 saturated carbocycles. The van der Waals surface area contributed by atoms with Gasteiger partial charge in [-0.2, -0.15) is 10.2 Å². The predicted molar refractivity (Wildman–Crippen MR) is 94.3 cm³/mol. The minimum atomic E-state index is -0.202. The molecule has 3 aromatic heterocycles. The van der Waals surface area contributed by atoms with Crippen LogP contribution in [0.25, 0.3) is 11.3 Å². The lowest BCUT2D eigenvalue weighted by Gasteiger charge is -2.01. The van der Waals surface area contributed by atoms with Gasteiger partial charge in [0, 0.05) is 30.2 Å². The Balaban J connectivity index is 1.79. The smallest absolute Gasteiger partial charge is 0.275 e. The molecule has 0 bridgehead atoms. The molecule has 1 amide bonds. The highest BCUT2D eigenvalue weighted by molar-refractivity contribution is 7.14. The van der Waals surface area contributed by atoms with Gasteiger partial charge >= 0.3 is 0 Å². The van der Waals surface area contributed by atoms with E-state index in [9.17, 15) is 4.79 Å². The van der Waals surface area contributed by atoms with E-state index in [2.05, 4.69) is 27.4 Å². The molecule has 0 spiro atoms. The first-order valence-corrected chi connectivity index (χ1v) is 8.74. The molecule has 3 aromatic rings. The number of anilines is 1. The summed E-state index contributed by atoms with van der Waals surface area (Å²) < 4.78 is 3.52. The molecule has 0 atom stereocenters. The summed E-state index contributed by atoms with van der Waals surface area (Å²) in [4.78, 5) is 16.9. The highest BCUT2D eigenvalue weighted by Gasteiger charge is 2.16. The monoisotopic (exact) mass is 344 g/mol. The van der Waals surface area contributed by atoms with Gasteiger partial charge in [0.05, 0.1) is 17.6 Å². The van der Waals surface area contributed by atoms with E-state index < -0.39 is 0 Å². The fourth-order valence-electron chi connectivity index (χ4n) is 2.54. The lowest BCUT2D eigenvalue weighted by molar-refractivity contribution is 0.101. The third-order valence-corrected chi connectivity index (χ3v) is 4.69. The van der Waals surface area contributed by atoms with E-state index >= 15 is 0 Å². The Morgan fingerprint density at radius 3 is 2.79 bits per heavy atom. The second kappa shape index (κ2) is 6.56. The molecule has 0 aliphatic heterocycles. The van der Waals surface area contributed by atoms with Crippen molar-refractivity contribution in [2.75, 3.05) is 5.32 Å². The fraction of sp³-hybridized carbons (Fsp3) is 0.375. The van der Waals surface area contributed by atoms with Gasteiger partial charge in [0.2, 0.25) is 0 Å². The van der Waals surface area contributed by atoms with Crippen LogP contribution >= 0.6 is 11.3 Å². The third-order valence-electron chi connectivity index (χ3n) is 3.93. The van der Waals surface area contributed by atoms with Gasteiger partial charge < -0.3 is 0 Å². The topological polar surface area (TPSA) is 77.6 Å². The first-order valence-electron chi connectivity index (χ1n) is 7.86. The molecule has 0 radical (unpaired) electrons. The van der Waals surface area contributed by atoms with E-state index in [1.807, 2.05) is 30.1 Å². The number of amides is 1. The number of aromatic nitrogens is 5. The highest BCUT2D eigenvalue weighted by Crippen LogP contribution is 2.27. The first-order chi connectivity index (χ1) is 11.5. The molecule has 3 rings (SSSR count). The zero-order chi connectivity index (χ0) is 17.3. The SMILES string of the molecule is CCc1cc(C(=O)Nc2nc(-c3cnn(CC)c3C)cs2)n(C)n1. The molecular weight excluding hydrogens is 324 g/mol. The third kappa shape index (κ3) is 2.96. The molecule has 24 heavy (non-hydrogen) atoms. The summed E-state index contributed by atoms with van der Waals surface area (Å²) in [5, 5.41) is 14.0. The van der Waals surface area contributed by atoms with Crippen molar-refractivity contribution in [1.29, 1.82) is 0 Å². The molecule has 0 fully saturated rings.